The number of halogens is 2. The van der Waals surface area contributed by atoms with E-state index < -0.39 is 0 Å². The summed E-state index contributed by atoms with van der Waals surface area (Å²) in [7, 11) is 0. The molecule has 0 aliphatic heterocycles. The molecular formula is C9H6Cl2N2O2. The predicted octanol–water partition coefficient (Wildman–Crippen LogP) is 2.96. The Labute approximate surface area is 95.8 Å². The van der Waals surface area contributed by atoms with Crippen LogP contribution in [0.15, 0.2) is 29.0 Å². The Morgan fingerprint density at radius 2 is 2.00 bits per heavy atom. The lowest BCUT2D eigenvalue weighted by atomic mass is 10.4. The Morgan fingerprint density at radius 1 is 1.27 bits per heavy atom. The molecule has 78 valence electrons. The maximum Gasteiger partial charge on any atom is 0.232 e. The fourth-order valence-corrected chi connectivity index (χ4v) is 1.44. The first kappa shape index (κ1) is 10.3. The van der Waals surface area contributed by atoms with Crippen molar-refractivity contribution in [3.05, 3.63) is 40.8 Å². The number of hydrogen-bond acceptors (Lipinski definition) is 4. The fraction of sp³-hybridized carbons (Fsp3) is 0.111. The molecule has 0 spiro atoms. The minimum atomic E-state index is 0.226. The van der Waals surface area contributed by atoms with E-state index in [-0.39, 0.29) is 16.9 Å². The highest BCUT2D eigenvalue weighted by Gasteiger charge is 2.02. The number of ether oxygens (including phenoxy) is 1. The predicted molar refractivity (Wildman–Crippen MR) is 55.1 cm³/mol. The molecule has 2 aromatic heterocycles. The lowest BCUT2D eigenvalue weighted by Crippen LogP contribution is -1.95. The largest absolute Gasteiger partial charge is 0.484 e. The van der Waals surface area contributed by atoms with Crippen LogP contribution in [-0.2, 0) is 6.61 Å². The minimum Gasteiger partial charge on any atom is -0.484 e. The third-order valence-electron chi connectivity index (χ3n) is 1.58. The van der Waals surface area contributed by atoms with Crippen molar-refractivity contribution < 1.29 is 9.15 Å². The van der Waals surface area contributed by atoms with Gasteiger partial charge in [-0.3, -0.25) is 0 Å². The molecule has 0 radical (unpaired) electrons. The van der Waals surface area contributed by atoms with Crippen molar-refractivity contribution in [2.45, 2.75) is 6.61 Å². The smallest absolute Gasteiger partial charge is 0.232 e. The third-order valence-corrected chi connectivity index (χ3v) is 1.97. The molecule has 0 saturated carbocycles. The molecule has 2 heterocycles. The van der Waals surface area contributed by atoms with Crippen molar-refractivity contribution in [3.63, 3.8) is 0 Å². The van der Waals surface area contributed by atoms with Gasteiger partial charge < -0.3 is 9.15 Å². The number of oxazole rings is 1. The van der Waals surface area contributed by atoms with Gasteiger partial charge in [0.25, 0.3) is 0 Å². The minimum absolute atomic E-state index is 0.226. The van der Waals surface area contributed by atoms with Crippen molar-refractivity contribution in [1.29, 1.82) is 0 Å². The van der Waals surface area contributed by atoms with Gasteiger partial charge >= 0.3 is 0 Å². The van der Waals surface area contributed by atoms with Crippen LogP contribution in [0.4, 0.5) is 0 Å². The molecule has 0 aromatic carbocycles. The Balaban J connectivity index is 2.05. The number of nitrogens with zero attached hydrogens (tertiary/aromatic N) is 2. The van der Waals surface area contributed by atoms with Gasteiger partial charge in [0, 0.05) is 12.1 Å². The molecule has 4 nitrogen and oxygen atoms in total. The summed E-state index contributed by atoms with van der Waals surface area (Å²) in [4.78, 5) is 7.69. The van der Waals surface area contributed by atoms with Gasteiger partial charge in [0.15, 0.2) is 6.61 Å². The van der Waals surface area contributed by atoms with Gasteiger partial charge in [-0.2, -0.15) is 0 Å². The van der Waals surface area contributed by atoms with Crippen LogP contribution in [0.5, 0.6) is 5.75 Å². The van der Waals surface area contributed by atoms with Crippen molar-refractivity contribution in [2.75, 3.05) is 0 Å². The SMILES string of the molecule is Clc1cc(OCc2ncco2)cc(Cl)n1. The quantitative estimate of drug-likeness (QED) is 0.780. The molecule has 0 bridgehead atoms. The van der Waals surface area contributed by atoms with E-state index in [1.807, 2.05) is 0 Å². The molecule has 0 aliphatic carbocycles. The maximum atomic E-state index is 5.70. The summed E-state index contributed by atoms with van der Waals surface area (Å²) in [5.41, 5.74) is 0. The van der Waals surface area contributed by atoms with Gasteiger partial charge in [-0.1, -0.05) is 23.2 Å². The van der Waals surface area contributed by atoms with E-state index in [0.717, 1.165) is 0 Å². The van der Waals surface area contributed by atoms with Crippen LogP contribution in [0, 0.1) is 0 Å². The molecule has 0 aliphatic rings. The van der Waals surface area contributed by atoms with E-state index in [9.17, 15) is 0 Å². The molecule has 6 heteroatoms. The van der Waals surface area contributed by atoms with E-state index >= 15 is 0 Å². The Bertz CT molecular complexity index is 425. The Morgan fingerprint density at radius 3 is 2.60 bits per heavy atom. The number of rotatable bonds is 3. The highest BCUT2D eigenvalue weighted by molar-refractivity contribution is 6.32. The van der Waals surface area contributed by atoms with Crippen LogP contribution in [-0.4, -0.2) is 9.97 Å². The highest BCUT2D eigenvalue weighted by atomic mass is 35.5. The first-order chi connectivity index (χ1) is 7.24. The third kappa shape index (κ3) is 2.84. The lowest BCUT2D eigenvalue weighted by Gasteiger charge is -2.03. The summed E-state index contributed by atoms with van der Waals surface area (Å²) in [6.07, 6.45) is 3.02. The molecule has 15 heavy (non-hydrogen) atoms. The summed E-state index contributed by atoms with van der Waals surface area (Å²) in [6, 6.07) is 3.13. The van der Waals surface area contributed by atoms with Gasteiger partial charge in [-0.15, -0.1) is 0 Å². The van der Waals surface area contributed by atoms with E-state index in [0.29, 0.717) is 11.6 Å². The van der Waals surface area contributed by atoms with Gasteiger partial charge in [0.05, 0.1) is 6.20 Å². The molecule has 0 N–H and O–H groups in total. The zero-order valence-electron chi connectivity index (χ0n) is 7.48. The zero-order chi connectivity index (χ0) is 10.7. The first-order valence-electron chi connectivity index (χ1n) is 4.08. The summed E-state index contributed by atoms with van der Waals surface area (Å²) >= 11 is 11.4. The summed E-state index contributed by atoms with van der Waals surface area (Å²) < 4.78 is 10.3. The highest BCUT2D eigenvalue weighted by Crippen LogP contribution is 2.21. The summed E-state index contributed by atoms with van der Waals surface area (Å²) in [6.45, 7) is 0.226. The molecule has 2 aromatic rings. The van der Waals surface area contributed by atoms with E-state index in [1.165, 1.54) is 6.26 Å². The standard InChI is InChI=1S/C9H6Cl2N2O2/c10-7-3-6(4-8(11)13-7)15-5-9-12-1-2-14-9/h1-4H,5H2. The average molecular weight is 245 g/mol. The molecular weight excluding hydrogens is 239 g/mol. The van der Waals surface area contributed by atoms with Crippen molar-refractivity contribution in [3.8, 4) is 5.75 Å². The lowest BCUT2D eigenvalue weighted by molar-refractivity contribution is 0.263. The first-order valence-corrected chi connectivity index (χ1v) is 4.84. The van der Waals surface area contributed by atoms with E-state index in [4.69, 9.17) is 32.4 Å². The second kappa shape index (κ2) is 4.51. The second-order valence-corrected chi connectivity index (χ2v) is 3.44. The Hall–Kier alpha value is -1.26. The fourth-order valence-electron chi connectivity index (χ4n) is 0.996. The van der Waals surface area contributed by atoms with Crippen molar-refractivity contribution in [1.82, 2.24) is 9.97 Å². The number of aromatic nitrogens is 2. The zero-order valence-corrected chi connectivity index (χ0v) is 9.00. The van der Waals surface area contributed by atoms with Gasteiger partial charge in [0.2, 0.25) is 5.89 Å². The summed E-state index contributed by atoms with van der Waals surface area (Å²) in [5.74, 6) is 1.01. The van der Waals surface area contributed by atoms with Crippen molar-refractivity contribution >= 4 is 23.2 Å². The van der Waals surface area contributed by atoms with Crippen LogP contribution >= 0.6 is 23.2 Å². The van der Waals surface area contributed by atoms with Crippen LogP contribution in [0.3, 0.4) is 0 Å². The van der Waals surface area contributed by atoms with Gasteiger partial charge in [0.1, 0.15) is 22.3 Å². The van der Waals surface area contributed by atoms with Crippen LogP contribution < -0.4 is 4.74 Å². The second-order valence-electron chi connectivity index (χ2n) is 2.66. The number of hydrogen-bond donors (Lipinski definition) is 0. The molecule has 2 rings (SSSR count). The molecule has 0 unspecified atom stereocenters. The van der Waals surface area contributed by atoms with E-state index in [1.54, 1.807) is 18.3 Å². The van der Waals surface area contributed by atoms with Gasteiger partial charge in [-0.05, 0) is 0 Å². The van der Waals surface area contributed by atoms with Crippen LogP contribution in [0.2, 0.25) is 10.3 Å². The normalized spacial score (nSPS) is 10.3. The maximum absolute atomic E-state index is 5.70. The van der Waals surface area contributed by atoms with Crippen LogP contribution in [0.25, 0.3) is 0 Å². The van der Waals surface area contributed by atoms with E-state index in [2.05, 4.69) is 9.97 Å². The molecule has 0 saturated heterocycles. The average Bonchev–Trinajstić information content (AvgIpc) is 2.65. The molecule has 0 atom stereocenters. The molecule has 0 fully saturated rings. The monoisotopic (exact) mass is 244 g/mol. The summed E-state index contributed by atoms with van der Waals surface area (Å²) in [5, 5.41) is 0.565. The van der Waals surface area contributed by atoms with Crippen LogP contribution in [0.1, 0.15) is 5.89 Å². The van der Waals surface area contributed by atoms with Gasteiger partial charge in [-0.25, -0.2) is 9.97 Å². The van der Waals surface area contributed by atoms with Crippen molar-refractivity contribution in [2.24, 2.45) is 0 Å². The topological polar surface area (TPSA) is 48.2 Å². The molecule has 0 amide bonds. The Kier molecular flexibility index (Phi) is 3.08. The number of pyridine rings is 1.